The van der Waals surface area contributed by atoms with Crippen molar-refractivity contribution in [3.63, 3.8) is 0 Å². The molecule has 1 aromatic carbocycles. The first-order chi connectivity index (χ1) is 12.1. The van der Waals surface area contributed by atoms with Gasteiger partial charge in [-0.15, -0.1) is 5.10 Å². The molecule has 1 amide bonds. The molecule has 0 aliphatic heterocycles. The number of tetrazole rings is 1. The first-order valence-electron chi connectivity index (χ1n) is 8.23. The van der Waals surface area contributed by atoms with Gasteiger partial charge in [0.1, 0.15) is 11.9 Å². The fourth-order valence-electron chi connectivity index (χ4n) is 2.79. The van der Waals surface area contributed by atoms with Crippen LogP contribution >= 0.6 is 0 Å². The molecule has 0 radical (unpaired) electrons. The molecule has 0 spiro atoms. The molecule has 0 aliphatic rings. The Balaban J connectivity index is 1.77. The van der Waals surface area contributed by atoms with Gasteiger partial charge in [0.05, 0.1) is 6.54 Å². The predicted octanol–water partition coefficient (Wildman–Crippen LogP) is 1.73. The van der Waals surface area contributed by atoms with Crippen LogP contribution in [0.5, 0.6) is 0 Å². The van der Waals surface area contributed by atoms with Gasteiger partial charge in [-0.2, -0.15) is 0 Å². The molecule has 3 aromatic rings. The molecule has 0 bridgehead atoms. The molecular formula is C18H22N6O. The SMILES string of the molecule is Cc1nnnn1[C@H](Cc1ccccc1)C(=O)NCc1ccc(C)n1C. The maximum atomic E-state index is 12.9. The molecular weight excluding hydrogens is 316 g/mol. The van der Waals surface area contributed by atoms with Gasteiger partial charge in [-0.25, -0.2) is 4.68 Å². The van der Waals surface area contributed by atoms with E-state index in [1.165, 1.54) is 0 Å². The van der Waals surface area contributed by atoms with Crippen LogP contribution in [0.25, 0.3) is 0 Å². The van der Waals surface area contributed by atoms with Crippen molar-refractivity contribution in [1.29, 1.82) is 0 Å². The topological polar surface area (TPSA) is 77.6 Å². The largest absolute Gasteiger partial charge is 0.350 e. The van der Waals surface area contributed by atoms with E-state index in [0.29, 0.717) is 18.8 Å². The molecule has 2 aromatic heterocycles. The predicted molar refractivity (Wildman–Crippen MR) is 93.7 cm³/mol. The maximum absolute atomic E-state index is 12.9. The highest BCUT2D eigenvalue weighted by Crippen LogP contribution is 2.15. The monoisotopic (exact) mass is 338 g/mol. The van der Waals surface area contributed by atoms with E-state index >= 15 is 0 Å². The third-order valence-corrected chi connectivity index (χ3v) is 4.45. The molecule has 25 heavy (non-hydrogen) atoms. The zero-order valence-corrected chi connectivity index (χ0v) is 14.7. The summed E-state index contributed by atoms with van der Waals surface area (Å²) in [5.41, 5.74) is 3.27. The number of hydrogen-bond acceptors (Lipinski definition) is 4. The molecule has 7 heteroatoms. The number of benzene rings is 1. The van der Waals surface area contributed by atoms with Crippen molar-refractivity contribution in [1.82, 2.24) is 30.1 Å². The summed E-state index contributed by atoms with van der Waals surface area (Å²) < 4.78 is 3.65. The van der Waals surface area contributed by atoms with Crippen molar-refractivity contribution in [2.75, 3.05) is 0 Å². The smallest absolute Gasteiger partial charge is 0.245 e. The van der Waals surface area contributed by atoms with Crippen LogP contribution < -0.4 is 5.32 Å². The van der Waals surface area contributed by atoms with Gasteiger partial charge in [-0.1, -0.05) is 30.3 Å². The van der Waals surface area contributed by atoms with E-state index in [4.69, 9.17) is 0 Å². The Morgan fingerprint density at radius 3 is 2.52 bits per heavy atom. The van der Waals surface area contributed by atoms with Crippen LogP contribution in [0.15, 0.2) is 42.5 Å². The summed E-state index contributed by atoms with van der Waals surface area (Å²) in [7, 11) is 1.99. The number of carbonyl (C=O) groups is 1. The van der Waals surface area contributed by atoms with Crippen molar-refractivity contribution in [2.24, 2.45) is 7.05 Å². The fraction of sp³-hybridized carbons (Fsp3) is 0.333. The van der Waals surface area contributed by atoms with Crippen LogP contribution in [0.1, 0.15) is 28.8 Å². The number of hydrogen-bond donors (Lipinski definition) is 1. The molecule has 130 valence electrons. The summed E-state index contributed by atoms with van der Waals surface area (Å²) in [6.45, 7) is 4.30. The zero-order valence-electron chi connectivity index (χ0n) is 14.7. The van der Waals surface area contributed by atoms with E-state index in [0.717, 1.165) is 17.0 Å². The second-order valence-electron chi connectivity index (χ2n) is 6.12. The van der Waals surface area contributed by atoms with Crippen LogP contribution in [-0.4, -0.2) is 30.7 Å². The molecule has 0 saturated heterocycles. The molecule has 1 N–H and O–H groups in total. The standard InChI is InChI=1S/C18H22N6O/c1-13-9-10-16(23(13)3)12-19-18(25)17(24-14(2)20-21-22-24)11-15-7-5-4-6-8-15/h4-10,17H,11-12H2,1-3H3,(H,19,25)/t17-/m1/s1. The van der Waals surface area contributed by atoms with Gasteiger partial charge < -0.3 is 9.88 Å². The van der Waals surface area contributed by atoms with E-state index in [1.807, 2.05) is 56.4 Å². The van der Waals surface area contributed by atoms with Crippen molar-refractivity contribution in [3.8, 4) is 0 Å². The van der Waals surface area contributed by atoms with Crippen molar-refractivity contribution >= 4 is 5.91 Å². The Morgan fingerprint density at radius 1 is 1.16 bits per heavy atom. The lowest BCUT2D eigenvalue weighted by atomic mass is 10.1. The minimum atomic E-state index is -0.487. The van der Waals surface area contributed by atoms with Crippen LogP contribution in [-0.2, 0) is 24.8 Å². The lowest BCUT2D eigenvalue weighted by Gasteiger charge is -2.18. The Labute approximate surface area is 146 Å². The fourth-order valence-corrected chi connectivity index (χ4v) is 2.79. The summed E-state index contributed by atoms with van der Waals surface area (Å²) in [5.74, 6) is 0.517. The van der Waals surface area contributed by atoms with E-state index in [1.54, 1.807) is 11.6 Å². The molecule has 0 aliphatic carbocycles. The lowest BCUT2D eigenvalue weighted by molar-refractivity contribution is -0.124. The quantitative estimate of drug-likeness (QED) is 0.742. The highest BCUT2D eigenvalue weighted by molar-refractivity contribution is 5.80. The van der Waals surface area contributed by atoms with E-state index < -0.39 is 6.04 Å². The molecule has 0 fully saturated rings. The first-order valence-corrected chi connectivity index (χ1v) is 8.23. The highest BCUT2D eigenvalue weighted by Gasteiger charge is 2.24. The Morgan fingerprint density at radius 2 is 1.92 bits per heavy atom. The average molecular weight is 338 g/mol. The highest BCUT2D eigenvalue weighted by atomic mass is 16.2. The third-order valence-electron chi connectivity index (χ3n) is 4.45. The van der Waals surface area contributed by atoms with E-state index in [9.17, 15) is 4.79 Å². The summed E-state index contributed by atoms with van der Waals surface area (Å²) in [6, 6.07) is 13.4. The van der Waals surface area contributed by atoms with Gasteiger partial charge >= 0.3 is 0 Å². The summed E-state index contributed by atoms with van der Waals surface area (Å²) >= 11 is 0. The summed E-state index contributed by atoms with van der Waals surface area (Å²) in [4.78, 5) is 12.9. The van der Waals surface area contributed by atoms with Gasteiger partial charge in [0.15, 0.2) is 0 Å². The number of amides is 1. The van der Waals surface area contributed by atoms with Crippen molar-refractivity contribution in [2.45, 2.75) is 32.9 Å². The maximum Gasteiger partial charge on any atom is 0.245 e. The van der Waals surface area contributed by atoms with E-state index in [2.05, 4.69) is 25.4 Å². The van der Waals surface area contributed by atoms with Crippen LogP contribution in [0.2, 0.25) is 0 Å². The zero-order chi connectivity index (χ0) is 17.8. The Bertz CT molecular complexity index is 852. The van der Waals surface area contributed by atoms with E-state index in [-0.39, 0.29) is 5.91 Å². The first kappa shape index (κ1) is 16.9. The number of rotatable bonds is 6. The van der Waals surface area contributed by atoms with Gasteiger partial charge in [0, 0.05) is 24.9 Å². The normalized spacial score (nSPS) is 12.1. The minimum Gasteiger partial charge on any atom is -0.350 e. The van der Waals surface area contributed by atoms with Gasteiger partial charge in [-0.3, -0.25) is 4.79 Å². The van der Waals surface area contributed by atoms with Crippen LogP contribution in [0.3, 0.4) is 0 Å². The molecule has 0 unspecified atom stereocenters. The summed E-state index contributed by atoms with van der Waals surface area (Å²) in [6.07, 6.45) is 0.532. The van der Waals surface area contributed by atoms with Crippen molar-refractivity contribution < 1.29 is 4.79 Å². The molecule has 0 saturated carbocycles. The molecule has 1 atom stereocenters. The Hall–Kier alpha value is -2.96. The average Bonchev–Trinajstić information content (AvgIpc) is 3.18. The third kappa shape index (κ3) is 3.76. The molecule has 7 nitrogen and oxygen atoms in total. The van der Waals surface area contributed by atoms with Crippen molar-refractivity contribution in [3.05, 3.63) is 65.2 Å². The van der Waals surface area contributed by atoms with Crippen LogP contribution in [0, 0.1) is 13.8 Å². The summed E-state index contributed by atoms with van der Waals surface area (Å²) in [5, 5.41) is 14.6. The second kappa shape index (κ2) is 7.29. The lowest BCUT2D eigenvalue weighted by Crippen LogP contribution is -2.35. The number of aromatic nitrogens is 5. The number of nitrogens with one attached hydrogen (secondary N) is 1. The molecule has 2 heterocycles. The Kier molecular flexibility index (Phi) is 4.92. The number of nitrogens with zero attached hydrogens (tertiary/aromatic N) is 5. The van der Waals surface area contributed by atoms with Crippen LogP contribution in [0.4, 0.5) is 0 Å². The number of carbonyl (C=O) groups excluding carboxylic acids is 1. The second-order valence-corrected chi connectivity index (χ2v) is 6.12. The number of aryl methyl sites for hydroxylation is 2. The molecule has 3 rings (SSSR count). The minimum absolute atomic E-state index is 0.0990. The van der Waals surface area contributed by atoms with Gasteiger partial charge in [-0.05, 0) is 42.0 Å². The van der Waals surface area contributed by atoms with Gasteiger partial charge in [0.2, 0.25) is 5.91 Å². The van der Waals surface area contributed by atoms with Gasteiger partial charge in [0.25, 0.3) is 0 Å².